The molecule has 0 unspecified atom stereocenters. The van der Waals surface area contributed by atoms with Crippen molar-refractivity contribution < 1.29 is 14.3 Å². The van der Waals surface area contributed by atoms with Gasteiger partial charge in [-0.1, -0.05) is 30.3 Å². The Kier molecular flexibility index (Phi) is 3.14. The maximum absolute atomic E-state index is 12.7. The smallest absolute Gasteiger partial charge is 0.276 e. The molecule has 1 saturated heterocycles. The van der Waals surface area contributed by atoms with Gasteiger partial charge < -0.3 is 14.4 Å². The second-order valence-electron chi connectivity index (χ2n) is 5.30. The average Bonchev–Trinajstić information content (AvgIpc) is 3.25. The molecule has 0 spiro atoms. The highest BCUT2D eigenvalue weighted by molar-refractivity contribution is 5.96. The van der Waals surface area contributed by atoms with E-state index in [1.807, 2.05) is 30.3 Å². The van der Waals surface area contributed by atoms with E-state index < -0.39 is 0 Å². The normalized spacial score (nSPS) is 16.1. The van der Waals surface area contributed by atoms with Crippen LogP contribution in [0.4, 0.5) is 0 Å². The van der Waals surface area contributed by atoms with Crippen molar-refractivity contribution in [3.8, 4) is 23.0 Å². The zero-order valence-corrected chi connectivity index (χ0v) is 12.0. The number of aromatic nitrogens is 2. The van der Waals surface area contributed by atoms with E-state index in [0.717, 1.165) is 31.5 Å². The molecule has 1 fully saturated rings. The molecule has 112 valence electrons. The molecule has 2 aromatic rings. The third kappa shape index (κ3) is 2.16. The molecule has 0 bridgehead atoms. The van der Waals surface area contributed by atoms with Crippen LogP contribution in [-0.2, 0) is 0 Å². The molecule has 4 rings (SSSR count). The van der Waals surface area contributed by atoms with E-state index in [0.29, 0.717) is 23.1 Å². The second kappa shape index (κ2) is 5.29. The number of ether oxygens (including phenoxy) is 2. The lowest BCUT2D eigenvalue weighted by Gasteiger charge is -2.15. The van der Waals surface area contributed by atoms with Crippen LogP contribution in [0.1, 0.15) is 23.3 Å². The van der Waals surface area contributed by atoms with Gasteiger partial charge in [0.15, 0.2) is 11.5 Å². The minimum atomic E-state index is -0.112. The maximum Gasteiger partial charge on any atom is 0.276 e. The number of rotatable bonds is 2. The number of benzene rings is 1. The molecule has 1 amide bonds. The Morgan fingerprint density at radius 3 is 2.59 bits per heavy atom. The number of amides is 1. The number of carbonyl (C=O) groups is 1. The lowest BCUT2D eigenvalue weighted by molar-refractivity contribution is 0.0782. The summed E-state index contributed by atoms with van der Waals surface area (Å²) in [6.07, 6.45) is 2.06. The predicted octanol–water partition coefficient (Wildman–Crippen LogP) is 2.11. The molecule has 22 heavy (non-hydrogen) atoms. The lowest BCUT2D eigenvalue weighted by atomic mass is 10.2. The Balaban J connectivity index is 1.80. The summed E-state index contributed by atoms with van der Waals surface area (Å²) in [7, 11) is 0. The van der Waals surface area contributed by atoms with E-state index in [2.05, 4.69) is 9.97 Å². The molecule has 6 heteroatoms. The topological polar surface area (TPSA) is 64.5 Å². The van der Waals surface area contributed by atoms with Crippen LogP contribution in [0.3, 0.4) is 0 Å². The molecule has 3 heterocycles. The van der Waals surface area contributed by atoms with E-state index in [9.17, 15) is 4.79 Å². The summed E-state index contributed by atoms with van der Waals surface area (Å²) in [5, 5.41) is 0. The molecule has 0 radical (unpaired) electrons. The Bertz CT molecular complexity index is 712. The maximum atomic E-state index is 12.7. The summed E-state index contributed by atoms with van der Waals surface area (Å²) < 4.78 is 10.8. The number of fused-ring (bicyclic) bond motifs is 1. The van der Waals surface area contributed by atoms with Crippen molar-refractivity contribution in [1.29, 1.82) is 0 Å². The standard InChI is InChI=1S/C16H15N3O3/c20-16(19-8-4-5-9-19)12-13-15(22-10-21-13)18-14(17-12)11-6-2-1-3-7-11/h1-3,6-7H,4-5,8-10H2. The van der Waals surface area contributed by atoms with Crippen molar-refractivity contribution in [2.75, 3.05) is 19.9 Å². The van der Waals surface area contributed by atoms with Crippen LogP contribution in [0.2, 0.25) is 0 Å². The number of hydrogen-bond acceptors (Lipinski definition) is 5. The van der Waals surface area contributed by atoms with Gasteiger partial charge in [-0.15, -0.1) is 0 Å². The molecule has 6 nitrogen and oxygen atoms in total. The van der Waals surface area contributed by atoms with Gasteiger partial charge in [-0.25, -0.2) is 4.98 Å². The van der Waals surface area contributed by atoms with Gasteiger partial charge in [0.05, 0.1) is 0 Å². The second-order valence-corrected chi connectivity index (χ2v) is 5.30. The predicted molar refractivity (Wildman–Crippen MR) is 78.7 cm³/mol. The fraction of sp³-hybridized carbons (Fsp3) is 0.312. The van der Waals surface area contributed by atoms with Crippen LogP contribution in [-0.4, -0.2) is 40.7 Å². The first-order valence-electron chi connectivity index (χ1n) is 7.35. The largest absolute Gasteiger partial charge is 0.449 e. The Morgan fingerprint density at radius 2 is 1.82 bits per heavy atom. The molecular formula is C16H15N3O3. The Hall–Kier alpha value is -2.63. The van der Waals surface area contributed by atoms with Crippen molar-refractivity contribution in [2.24, 2.45) is 0 Å². The van der Waals surface area contributed by atoms with Gasteiger partial charge >= 0.3 is 0 Å². The summed E-state index contributed by atoms with van der Waals surface area (Å²) in [6.45, 7) is 1.60. The van der Waals surface area contributed by atoms with Gasteiger partial charge in [-0.2, -0.15) is 4.98 Å². The van der Waals surface area contributed by atoms with E-state index in [4.69, 9.17) is 9.47 Å². The van der Waals surface area contributed by atoms with E-state index in [1.54, 1.807) is 4.90 Å². The fourth-order valence-electron chi connectivity index (χ4n) is 2.73. The summed E-state index contributed by atoms with van der Waals surface area (Å²) in [5.41, 5.74) is 1.14. The summed E-state index contributed by atoms with van der Waals surface area (Å²) in [6, 6.07) is 9.55. The highest BCUT2D eigenvalue weighted by Crippen LogP contribution is 2.35. The molecule has 0 atom stereocenters. The van der Waals surface area contributed by atoms with Crippen LogP contribution in [0.5, 0.6) is 11.6 Å². The van der Waals surface area contributed by atoms with Crippen LogP contribution in [0, 0.1) is 0 Å². The minimum absolute atomic E-state index is 0.0720. The van der Waals surface area contributed by atoms with E-state index in [-0.39, 0.29) is 12.7 Å². The molecular weight excluding hydrogens is 282 g/mol. The van der Waals surface area contributed by atoms with Crippen molar-refractivity contribution in [2.45, 2.75) is 12.8 Å². The van der Waals surface area contributed by atoms with Crippen molar-refractivity contribution in [3.63, 3.8) is 0 Å². The molecule has 0 saturated carbocycles. The van der Waals surface area contributed by atoms with Gasteiger partial charge in [0.2, 0.25) is 12.5 Å². The molecule has 2 aliphatic rings. The molecule has 1 aromatic carbocycles. The first kappa shape index (κ1) is 13.1. The number of carbonyl (C=O) groups excluding carboxylic acids is 1. The van der Waals surface area contributed by atoms with Gasteiger partial charge in [-0.3, -0.25) is 4.79 Å². The molecule has 0 N–H and O–H groups in total. The summed E-state index contributed by atoms with van der Waals surface area (Å²) in [5.74, 6) is 1.07. The first-order chi connectivity index (χ1) is 10.8. The summed E-state index contributed by atoms with van der Waals surface area (Å²) >= 11 is 0. The first-order valence-corrected chi connectivity index (χ1v) is 7.35. The zero-order valence-electron chi connectivity index (χ0n) is 12.0. The molecule has 1 aromatic heterocycles. The van der Waals surface area contributed by atoms with E-state index >= 15 is 0 Å². The molecule has 2 aliphatic heterocycles. The highest BCUT2D eigenvalue weighted by atomic mass is 16.7. The zero-order chi connectivity index (χ0) is 14.9. The Morgan fingerprint density at radius 1 is 1.05 bits per heavy atom. The van der Waals surface area contributed by atoms with E-state index in [1.165, 1.54) is 0 Å². The monoisotopic (exact) mass is 297 g/mol. The van der Waals surface area contributed by atoms with Gasteiger partial charge in [0.1, 0.15) is 0 Å². The van der Waals surface area contributed by atoms with Crippen LogP contribution in [0.25, 0.3) is 11.4 Å². The minimum Gasteiger partial charge on any atom is -0.449 e. The van der Waals surface area contributed by atoms with Crippen molar-refractivity contribution >= 4 is 5.91 Å². The van der Waals surface area contributed by atoms with Crippen molar-refractivity contribution in [3.05, 3.63) is 36.0 Å². The quantitative estimate of drug-likeness (QED) is 0.849. The summed E-state index contributed by atoms with van der Waals surface area (Å²) in [4.78, 5) is 23.3. The van der Waals surface area contributed by atoms with Crippen molar-refractivity contribution in [1.82, 2.24) is 14.9 Å². The SMILES string of the molecule is O=C(c1nc(-c2ccccc2)nc2c1OCO2)N1CCCC1. The van der Waals surface area contributed by atoms with Gasteiger partial charge in [0.25, 0.3) is 11.8 Å². The Labute approximate surface area is 127 Å². The number of nitrogens with zero attached hydrogens (tertiary/aromatic N) is 3. The average molecular weight is 297 g/mol. The van der Waals surface area contributed by atoms with Gasteiger partial charge in [0, 0.05) is 18.7 Å². The fourth-order valence-corrected chi connectivity index (χ4v) is 2.73. The highest BCUT2D eigenvalue weighted by Gasteiger charge is 2.30. The third-order valence-corrected chi connectivity index (χ3v) is 3.86. The molecule has 0 aliphatic carbocycles. The van der Waals surface area contributed by atoms with Crippen LogP contribution >= 0.6 is 0 Å². The lowest BCUT2D eigenvalue weighted by Crippen LogP contribution is -2.28. The van der Waals surface area contributed by atoms with Crippen LogP contribution < -0.4 is 9.47 Å². The van der Waals surface area contributed by atoms with Crippen LogP contribution in [0.15, 0.2) is 30.3 Å². The third-order valence-electron chi connectivity index (χ3n) is 3.86. The van der Waals surface area contributed by atoms with Gasteiger partial charge in [-0.05, 0) is 12.8 Å². The number of likely N-dealkylation sites (tertiary alicyclic amines) is 1. The number of hydrogen-bond donors (Lipinski definition) is 0.